The van der Waals surface area contributed by atoms with Gasteiger partial charge in [-0.15, -0.1) is 0 Å². The van der Waals surface area contributed by atoms with Crippen LogP contribution in [0.1, 0.15) is 28.5 Å². The molecular weight excluding hydrogens is 477 g/mol. The van der Waals surface area contributed by atoms with E-state index in [4.69, 9.17) is 17.3 Å². The second-order valence-corrected chi connectivity index (χ2v) is 9.08. The first-order chi connectivity index (χ1) is 15.5. The summed E-state index contributed by atoms with van der Waals surface area (Å²) in [6.07, 6.45) is -3.31. The van der Waals surface area contributed by atoms with Crippen molar-refractivity contribution in [1.29, 1.82) is 0 Å². The minimum absolute atomic E-state index is 0.0419. The van der Waals surface area contributed by atoms with Crippen LogP contribution in [0, 0.1) is 0 Å². The van der Waals surface area contributed by atoms with Crippen LogP contribution >= 0.6 is 22.9 Å². The van der Waals surface area contributed by atoms with Gasteiger partial charge in [-0.2, -0.15) is 23.4 Å². The maximum absolute atomic E-state index is 13.7. The van der Waals surface area contributed by atoms with E-state index < -0.39 is 22.7 Å². The van der Waals surface area contributed by atoms with Crippen molar-refractivity contribution in [2.24, 2.45) is 15.9 Å². The summed E-state index contributed by atoms with van der Waals surface area (Å²) in [5.74, 6) is -0.335. The molecule has 2 aromatic carbocycles. The molecule has 11 heteroatoms. The maximum atomic E-state index is 13.7. The van der Waals surface area contributed by atoms with E-state index in [0.717, 1.165) is 22.0 Å². The average molecular weight is 495 g/mol. The van der Waals surface area contributed by atoms with Crippen molar-refractivity contribution in [2.75, 3.05) is 0 Å². The third kappa shape index (κ3) is 4.73. The molecule has 0 fully saturated rings. The number of alkyl halides is 3. The molecular formula is C22H18ClF3N4O2S. The highest BCUT2D eigenvalue weighted by Crippen LogP contribution is 2.37. The van der Waals surface area contributed by atoms with Gasteiger partial charge in [-0.1, -0.05) is 35.1 Å². The third-order valence-corrected chi connectivity index (χ3v) is 6.36. The number of nitrogens with two attached hydrogens (primary N) is 1. The van der Waals surface area contributed by atoms with Gasteiger partial charge in [0.05, 0.1) is 22.0 Å². The van der Waals surface area contributed by atoms with Crippen LogP contribution in [-0.2, 0) is 19.1 Å². The van der Waals surface area contributed by atoms with Gasteiger partial charge in [-0.05, 0) is 47.5 Å². The first-order valence-electron chi connectivity index (χ1n) is 9.83. The van der Waals surface area contributed by atoms with Gasteiger partial charge in [-0.25, -0.2) is 0 Å². The number of halogens is 4. The van der Waals surface area contributed by atoms with Gasteiger partial charge >= 0.3 is 11.0 Å². The van der Waals surface area contributed by atoms with Crippen LogP contribution in [-0.4, -0.2) is 21.9 Å². The number of hydrogen-bond donors (Lipinski definition) is 2. The van der Waals surface area contributed by atoms with Crippen LogP contribution in [0.4, 0.5) is 13.2 Å². The smallest absolute Gasteiger partial charge is 0.416 e. The summed E-state index contributed by atoms with van der Waals surface area (Å²) in [7, 11) is 0. The fourth-order valence-electron chi connectivity index (χ4n) is 3.60. The molecule has 0 bridgehead atoms. The fraction of sp³-hybridized carbons (Fsp3) is 0.227. The molecule has 33 heavy (non-hydrogen) atoms. The third-order valence-electron chi connectivity index (χ3n) is 5.10. The molecule has 0 aliphatic carbocycles. The summed E-state index contributed by atoms with van der Waals surface area (Å²) in [4.78, 5) is 12.3. The van der Waals surface area contributed by atoms with Crippen molar-refractivity contribution >= 4 is 34.7 Å². The van der Waals surface area contributed by atoms with Crippen molar-refractivity contribution in [2.45, 2.75) is 32.1 Å². The number of nitrogens with zero attached hydrogens (tertiary/aromatic N) is 3. The predicted molar refractivity (Wildman–Crippen MR) is 121 cm³/mol. The van der Waals surface area contributed by atoms with Gasteiger partial charge in [0.15, 0.2) is 0 Å². The zero-order chi connectivity index (χ0) is 23.9. The van der Waals surface area contributed by atoms with Gasteiger partial charge in [0.25, 0.3) is 0 Å². The lowest BCUT2D eigenvalue weighted by Gasteiger charge is -2.15. The van der Waals surface area contributed by atoms with E-state index in [0.29, 0.717) is 21.7 Å². The minimum atomic E-state index is -4.63. The van der Waals surface area contributed by atoms with E-state index in [9.17, 15) is 23.1 Å². The number of rotatable bonds is 5. The summed E-state index contributed by atoms with van der Waals surface area (Å²) in [6.45, 7) is 1.75. The molecule has 1 atom stereocenters. The normalized spacial score (nSPS) is 14.7. The number of aromatic hydroxyl groups is 1. The number of benzene rings is 2. The van der Waals surface area contributed by atoms with Crippen LogP contribution in [0.25, 0.3) is 5.57 Å². The van der Waals surface area contributed by atoms with E-state index >= 15 is 0 Å². The molecule has 2 heterocycles. The van der Waals surface area contributed by atoms with E-state index in [1.54, 1.807) is 25.1 Å². The Kier molecular flexibility index (Phi) is 6.17. The van der Waals surface area contributed by atoms with Gasteiger partial charge in [0.1, 0.15) is 0 Å². The number of aromatic nitrogens is 1. The predicted octanol–water partition coefficient (Wildman–Crippen LogP) is 3.04. The molecule has 0 amide bonds. The summed E-state index contributed by atoms with van der Waals surface area (Å²) in [5, 5.41) is 19.8. The Bertz CT molecular complexity index is 1440. The monoisotopic (exact) mass is 494 g/mol. The molecule has 3 N–H and O–H groups in total. The second-order valence-electron chi connectivity index (χ2n) is 7.68. The maximum Gasteiger partial charge on any atom is 0.416 e. The van der Waals surface area contributed by atoms with Gasteiger partial charge in [-0.3, -0.25) is 9.36 Å². The molecule has 1 aromatic heterocycles. The zero-order valence-electron chi connectivity index (χ0n) is 17.2. The van der Waals surface area contributed by atoms with Gasteiger partial charge in [0, 0.05) is 29.6 Å². The molecule has 6 nitrogen and oxygen atoms in total. The first kappa shape index (κ1) is 23.2. The van der Waals surface area contributed by atoms with Crippen LogP contribution in [0.15, 0.2) is 51.4 Å². The SMILES string of the molecule is C[C@H](N)Cn1c(O)c(C(Cc2ccc(Cl)cc2C(F)(F)F)=c2ccc3c(c2)C=NN=3)sc1=O. The molecule has 3 aromatic rings. The standard InChI is InChI=1S/C22H18ClF3N4O2S/c1-11(27)10-30-20(31)19(33-21(30)32)16(12-3-5-18-14(6-12)9-28-29-18)7-13-2-4-15(23)8-17(13)22(24,25)26/h2-6,8-9,11,31H,7,10,27H2,1H3/t11-/m0/s1. The summed E-state index contributed by atoms with van der Waals surface area (Å²) < 4.78 is 42.4. The fourth-order valence-corrected chi connectivity index (χ4v) is 4.74. The summed E-state index contributed by atoms with van der Waals surface area (Å²) >= 11 is 6.58. The van der Waals surface area contributed by atoms with E-state index in [2.05, 4.69) is 10.2 Å². The summed E-state index contributed by atoms with van der Waals surface area (Å²) in [5.41, 5.74) is 5.90. The molecule has 0 radical (unpaired) electrons. The molecule has 0 spiro atoms. The lowest BCUT2D eigenvalue weighted by atomic mass is 9.96. The molecule has 1 aliphatic heterocycles. The highest BCUT2D eigenvalue weighted by Gasteiger charge is 2.34. The first-order valence-corrected chi connectivity index (χ1v) is 11.0. The lowest BCUT2D eigenvalue weighted by Crippen LogP contribution is -2.26. The Hall–Kier alpha value is -2.95. The van der Waals surface area contributed by atoms with Crippen molar-refractivity contribution in [3.8, 4) is 5.88 Å². The Morgan fingerprint density at radius 1 is 1.27 bits per heavy atom. The number of fused-ring (bicyclic) bond motifs is 1. The van der Waals surface area contributed by atoms with Gasteiger partial charge in [0.2, 0.25) is 5.88 Å². The molecule has 0 unspecified atom stereocenters. The molecule has 1 aliphatic rings. The number of thiazole rings is 1. The zero-order valence-corrected chi connectivity index (χ0v) is 18.8. The molecule has 4 rings (SSSR count). The van der Waals surface area contributed by atoms with Gasteiger partial charge < -0.3 is 10.8 Å². The molecule has 172 valence electrons. The second kappa shape index (κ2) is 8.77. The van der Waals surface area contributed by atoms with Crippen LogP contribution in [0.2, 0.25) is 5.02 Å². The highest BCUT2D eigenvalue weighted by molar-refractivity contribution is 7.10. The van der Waals surface area contributed by atoms with Crippen molar-refractivity contribution in [1.82, 2.24) is 4.57 Å². The van der Waals surface area contributed by atoms with E-state index in [-0.39, 0.29) is 34.3 Å². The average Bonchev–Trinajstić information content (AvgIpc) is 3.31. The van der Waals surface area contributed by atoms with E-state index in [1.165, 1.54) is 18.3 Å². The summed E-state index contributed by atoms with van der Waals surface area (Å²) in [6, 6.07) is 8.21. The van der Waals surface area contributed by atoms with Crippen molar-refractivity contribution < 1.29 is 18.3 Å². The molecule has 0 saturated heterocycles. The minimum Gasteiger partial charge on any atom is -0.493 e. The Morgan fingerprint density at radius 2 is 2.03 bits per heavy atom. The highest BCUT2D eigenvalue weighted by atomic mass is 35.5. The van der Waals surface area contributed by atoms with Crippen molar-refractivity contribution in [3.05, 3.63) is 83.2 Å². The van der Waals surface area contributed by atoms with Crippen LogP contribution < -0.4 is 21.2 Å². The largest absolute Gasteiger partial charge is 0.493 e. The lowest BCUT2D eigenvalue weighted by molar-refractivity contribution is -0.138. The van der Waals surface area contributed by atoms with Crippen LogP contribution in [0.5, 0.6) is 5.88 Å². The number of hydrogen-bond acceptors (Lipinski definition) is 6. The topological polar surface area (TPSA) is 93.0 Å². The van der Waals surface area contributed by atoms with Crippen LogP contribution in [0.3, 0.4) is 0 Å². The van der Waals surface area contributed by atoms with Crippen molar-refractivity contribution in [3.63, 3.8) is 0 Å². The Labute approximate surface area is 194 Å². The van der Waals surface area contributed by atoms with E-state index in [1.807, 2.05) is 0 Å². The molecule has 0 saturated carbocycles. The Morgan fingerprint density at radius 3 is 2.73 bits per heavy atom. The Balaban J connectivity index is 1.97. The quantitative estimate of drug-likeness (QED) is 0.571.